The van der Waals surface area contributed by atoms with Gasteiger partial charge < -0.3 is 24.8 Å². The van der Waals surface area contributed by atoms with E-state index in [9.17, 15) is 9.18 Å². The minimum absolute atomic E-state index is 0.0869. The van der Waals surface area contributed by atoms with E-state index >= 15 is 0 Å². The summed E-state index contributed by atoms with van der Waals surface area (Å²) in [7, 11) is 0. The van der Waals surface area contributed by atoms with Crippen LogP contribution in [0.25, 0.3) is 0 Å². The van der Waals surface area contributed by atoms with Crippen molar-refractivity contribution in [2.24, 2.45) is 0 Å². The van der Waals surface area contributed by atoms with Crippen LogP contribution in [0.5, 0.6) is 0 Å². The van der Waals surface area contributed by atoms with Crippen LogP contribution < -0.4 is 10.6 Å². The van der Waals surface area contributed by atoms with Crippen LogP contribution in [-0.4, -0.2) is 43.8 Å². The Labute approximate surface area is 158 Å². The van der Waals surface area contributed by atoms with Crippen molar-refractivity contribution in [3.05, 3.63) is 35.6 Å². The Balaban J connectivity index is 1.35. The molecule has 1 spiro atoms. The summed E-state index contributed by atoms with van der Waals surface area (Å²) in [5.41, 5.74) is 0.855. The summed E-state index contributed by atoms with van der Waals surface area (Å²) in [4.78, 5) is 12.6. The molecule has 2 amide bonds. The number of halogens is 1. The van der Waals surface area contributed by atoms with Crippen LogP contribution in [0.2, 0.25) is 0 Å². The summed E-state index contributed by atoms with van der Waals surface area (Å²) in [6.45, 7) is 2.00. The molecule has 0 bridgehead atoms. The number of nitrogens with one attached hydrogen (secondary N) is 2. The first-order valence-electron chi connectivity index (χ1n) is 9.86. The second kappa shape index (κ2) is 8.12. The molecule has 7 heteroatoms. The second-order valence-electron chi connectivity index (χ2n) is 7.58. The van der Waals surface area contributed by atoms with Crippen LogP contribution in [0.1, 0.15) is 50.1 Å². The van der Waals surface area contributed by atoms with Gasteiger partial charge in [-0.15, -0.1) is 0 Å². The first-order chi connectivity index (χ1) is 13.1. The van der Waals surface area contributed by atoms with Gasteiger partial charge in [-0.05, 0) is 43.4 Å². The Morgan fingerprint density at radius 3 is 2.41 bits per heavy atom. The lowest BCUT2D eigenvalue weighted by molar-refractivity contribution is -0.179. The van der Waals surface area contributed by atoms with Crippen LogP contribution in [-0.2, 0) is 14.2 Å². The van der Waals surface area contributed by atoms with Gasteiger partial charge in [0.1, 0.15) is 5.82 Å². The molecule has 0 aromatic heterocycles. The van der Waals surface area contributed by atoms with Crippen molar-refractivity contribution in [3.63, 3.8) is 0 Å². The van der Waals surface area contributed by atoms with E-state index in [0.717, 1.165) is 44.1 Å². The standard InChI is InChI=1S/C20H27FN2O4/c21-15-5-3-14(4-6-15)18(17-2-1-11-25-17)23-19(24)22-16-7-9-20(10-8-16)26-12-13-27-20/h3-6,16-18H,1-2,7-13H2,(H2,22,23,24)/t17-,18-/m1/s1. The molecule has 4 rings (SSSR count). The number of urea groups is 1. The van der Waals surface area contributed by atoms with Crippen LogP contribution in [0.4, 0.5) is 9.18 Å². The van der Waals surface area contributed by atoms with E-state index in [-0.39, 0.29) is 30.0 Å². The lowest BCUT2D eigenvalue weighted by atomic mass is 9.90. The van der Waals surface area contributed by atoms with Gasteiger partial charge in [-0.1, -0.05) is 12.1 Å². The molecule has 2 N–H and O–H groups in total. The Bertz CT molecular complexity index is 632. The maximum atomic E-state index is 13.3. The van der Waals surface area contributed by atoms with Crippen LogP contribution in [0, 0.1) is 5.82 Å². The van der Waals surface area contributed by atoms with Crippen molar-refractivity contribution in [3.8, 4) is 0 Å². The highest BCUT2D eigenvalue weighted by molar-refractivity contribution is 5.75. The van der Waals surface area contributed by atoms with E-state index in [0.29, 0.717) is 19.8 Å². The molecule has 1 aliphatic carbocycles. The number of hydrogen-bond donors (Lipinski definition) is 2. The Morgan fingerprint density at radius 2 is 1.78 bits per heavy atom. The highest BCUT2D eigenvalue weighted by atomic mass is 19.1. The van der Waals surface area contributed by atoms with E-state index in [1.165, 1.54) is 12.1 Å². The fourth-order valence-electron chi connectivity index (χ4n) is 4.28. The average Bonchev–Trinajstić information content (AvgIpc) is 3.35. The highest BCUT2D eigenvalue weighted by Crippen LogP contribution is 2.35. The number of benzene rings is 1. The molecule has 2 atom stereocenters. The predicted octanol–water partition coefficient (Wildman–Crippen LogP) is 3.03. The molecular weight excluding hydrogens is 351 g/mol. The molecule has 2 aliphatic heterocycles. The van der Waals surface area contributed by atoms with Gasteiger partial charge in [0.15, 0.2) is 5.79 Å². The number of rotatable bonds is 4. The predicted molar refractivity (Wildman–Crippen MR) is 96.7 cm³/mol. The summed E-state index contributed by atoms with van der Waals surface area (Å²) in [6, 6.07) is 5.85. The molecule has 3 fully saturated rings. The molecule has 1 aromatic rings. The van der Waals surface area contributed by atoms with Gasteiger partial charge in [0.05, 0.1) is 25.4 Å². The zero-order chi connectivity index (χ0) is 18.7. The maximum absolute atomic E-state index is 13.3. The number of hydrogen-bond acceptors (Lipinski definition) is 4. The second-order valence-corrected chi connectivity index (χ2v) is 7.58. The average molecular weight is 378 g/mol. The fraction of sp³-hybridized carbons (Fsp3) is 0.650. The van der Waals surface area contributed by atoms with Crippen molar-refractivity contribution < 1.29 is 23.4 Å². The van der Waals surface area contributed by atoms with Gasteiger partial charge in [0.25, 0.3) is 0 Å². The summed E-state index contributed by atoms with van der Waals surface area (Å²) < 4.78 is 30.5. The number of amides is 2. The smallest absolute Gasteiger partial charge is 0.315 e. The summed E-state index contributed by atoms with van der Waals surface area (Å²) in [5, 5.41) is 6.11. The van der Waals surface area contributed by atoms with Gasteiger partial charge in [-0.25, -0.2) is 9.18 Å². The van der Waals surface area contributed by atoms with Gasteiger partial charge in [0, 0.05) is 25.5 Å². The molecule has 0 unspecified atom stereocenters. The zero-order valence-electron chi connectivity index (χ0n) is 15.4. The third kappa shape index (κ3) is 4.42. The zero-order valence-corrected chi connectivity index (χ0v) is 15.4. The van der Waals surface area contributed by atoms with Gasteiger partial charge in [-0.2, -0.15) is 0 Å². The van der Waals surface area contributed by atoms with E-state index < -0.39 is 5.79 Å². The molecule has 0 radical (unpaired) electrons. The molecular formula is C20H27FN2O4. The van der Waals surface area contributed by atoms with Crippen LogP contribution in [0.15, 0.2) is 24.3 Å². The minimum atomic E-state index is -0.428. The first kappa shape index (κ1) is 18.7. The van der Waals surface area contributed by atoms with E-state index in [1.807, 2.05) is 0 Å². The lowest BCUT2D eigenvalue weighted by Gasteiger charge is -2.36. The van der Waals surface area contributed by atoms with Crippen molar-refractivity contribution in [1.82, 2.24) is 10.6 Å². The van der Waals surface area contributed by atoms with Crippen molar-refractivity contribution in [1.29, 1.82) is 0 Å². The van der Waals surface area contributed by atoms with E-state index in [1.54, 1.807) is 12.1 Å². The Morgan fingerprint density at radius 1 is 1.07 bits per heavy atom. The molecule has 3 aliphatic rings. The summed E-state index contributed by atoms with van der Waals surface area (Å²) in [5.74, 6) is -0.718. The van der Waals surface area contributed by atoms with Crippen LogP contribution >= 0.6 is 0 Å². The molecule has 1 saturated carbocycles. The fourth-order valence-corrected chi connectivity index (χ4v) is 4.28. The minimum Gasteiger partial charge on any atom is -0.376 e. The summed E-state index contributed by atoms with van der Waals surface area (Å²) >= 11 is 0. The van der Waals surface area contributed by atoms with Gasteiger partial charge in [-0.3, -0.25) is 0 Å². The Kier molecular flexibility index (Phi) is 5.61. The van der Waals surface area contributed by atoms with E-state index in [2.05, 4.69) is 10.6 Å². The molecule has 27 heavy (non-hydrogen) atoms. The topological polar surface area (TPSA) is 68.8 Å². The number of ether oxygens (including phenoxy) is 3. The Hall–Kier alpha value is -1.70. The number of carbonyl (C=O) groups is 1. The van der Waals surface area contributed by atoms with Crippen molar-refractivity contribution >= 4 is 6.03 Å². The molecule has 1 aromatic carbocycles. The van der Waals surface area contributed by atoms with E-state index in [4.69, 9.17) is 14.2 Å². The molecule has 6 nitrogen and oxygen atoms in total. The maximum Gasteiger partial charge on any atom is 0.315 e. The number of carbonyl (C=O) groups excluding carboxylic acids is 1. The van der Waals surface area contributed by atoms with Crippen LogP contribution in [0.3, 0.4) is 0 Å². The third-order valence-corrected chi connectivity index (χ3v) is 5.75. The largest absolute Gasteiger partial charge is 0.376 e. The molecule has 2 saturated heterocycles. The lowest BCUT2D eigenvalue weighted by Crippen LogP contribution is -2.49. The van der Waals surface area contributed by atoms with Gasteiger partial charge in [0.2, 0.25) is 0 Å². The highest BCUT2D eigenvalue weighted by Gasteiger charge is 2.40. The van der Waals surface area contributed by atoms with Crippen molar-refractivity contribution in [2.75, 3.05) is 19.8 Å². The normalized spacial score (nSPS) is 26.2. The van der Waals surface area contributed by atoms with Crippen molar-refractivity contribution in [2.45, 2.75) is 62.5 Å². The SMILES string of the molecule is O=C(NC1CCC2(CC1)OCCO2)N[C@H](c1ccc(F)cc1)[C@H]1CCCO1. The quantitative estimate of drug-likeness (QED) is 0.845. The first-order valence-corrected chi connectivity index (χ1v) is 9.86. The molecule has 2 heterocycles. The summed E-state index contributed by atoms with van der Waals surface area (Å²) in [6.07, 6.45) is 5.01. The molecule has 148 valence electrons. The third-order valence-electron chi connectivity index (χ3n) is 5.75. The van der Waals surface area contributed by atoms with Gasteiger partial charge >= 0.3 is 6.03 Å². The monoisotopic (exact) mass is 378 g/mol.